The van der Waals surface area contributed by atoms with Crippen molar-refractivity contribution in [1.29, 1.82) is 0 Å². The molecule has 4 nitrogen and oxygen atoms in total. The molecular weight excluding hydrogens is 360 g/mol. The molecule has 0 radical (unpaired) electrons. The molecule has 2 rings (SSSR count). The molecule has 0 aliphatic carbocycles. The van der Waals surface area contributed by atoms with Gasteiger partial charge in [0.05, 0.1) is 8.81 Å². The van der Waals surface area contributed by atoms with Crippen molar-refractivity contribution >= 4 is 48.9 Å². The largest absolute Gasteiger partial charge is 0.314 e. The minimum atomic E-state index is -3.46. The van der Waals surface area contributed by atoms with Crippen LogP contribution in [0.25, 0.3) is 0 Å². The lowest BCUT2D eigenvalue weighted by molar-refractivity contribution is 0.361. The van der Waals surface area contributed by atoms with Crippen LogP contribution in [0.5, 0.6) is 0 Å². The predicted molar refractivity (Wildman–Crippen MR) is 77.8 cm³/mol. The van der Waals surface area contributed by atoms with Crippen molar-refractivity contribution in [3.63, 3.8) is 0 Å². The normalized spacial score (nSPS) is 25.3. The number of halogens is 2. The fourth-order valence-corrected chi connectivity index (χ4v) is 5.67. The van der Waals surface area contributed by atoms with E-state index in [4.69, 9.17) is 11.6 Å². The second-order valence-corrected chi connectivity index (χ2v) is 9.10. The Balaban J connectivity index is 2.12. The highest BCUT2D eigenvalue weighted by Gasteiger charge is 2.26. The Labute approximate surface area is 124 Å². The second-order valence-electron chi connectivity index (χ2n) is 4.38. The van der Waals surface area contributed by atoms with Crippen LogP contribution in [-0.4, -0.2) is 27.0 Å². The Kier molecular flexibility index (Phi) is 4.72. The van der Waals surface area contributed by atoms with Gasteiger partial charge in [-0.2, -0.15) is 0 Å². The van der Waals surface area contributed by atoms with Gasteiger partial charge < -0.3 is 5.32 Å². The molecule has 2 heterocycles. The first-order valence-corrected chi connectivity index (χ1v) is 9.06. The zero-order valence-corrected chi connectivity index (χ0v) is 13.7. The third-order valence-electron chi connectivity index (χ3n) is 2.83. The van der Waals surface area contributed by atoms with E-state index >= 15 is 0 Å². The van der Waals surface area contributed by atoms with E-state index in [1.54, 1.807) is 0 Å². The van der Waals surface area contributed by atoms with Gasteiger partial charge in [-0.25, -0.2) is 13.1 Å². The molecule has 1 aromatic heterocycles. The average molecular weight is 374 g/mol. The topological polar surface area (TPSA) is 58.2 Å². The minimum Gasteiger partial charge on any atom is -0.314 e. The van der Waals surface area contributed by atoms with Gasteiger partial charge >= 0.3 is 0 Å². The van der Waals surface area contributed by atoms with Gasteiger partial charge in [0.2, 0.25) is 10.0 Å². The van der Waals surface area contributed by atoms with Crippen molar-refractivity contribution in [2.75, 3.05) is 6.54 Å². The maximum Gasteiger partial charge on any atom is 0.250 e. The maximum atomic E-state index is 12.2. The molecule has 1 aliphatic rings. The Morgan fingerprint density at radius 1 is 1.61 bits per heavy atom. The highest BCUT2D eigenvalue weighted by molar-refractivity contribution is 9.11. The van der Waals surface area contributed by atoms with Crippen molar-refractivity contribution in [3.05, 3.63) is 14.9 Å². The standard InChI is InChI=1S/C10H14BrClN2O2S2/c1-6-4-7(2-3-13-6)14-18(15,16)9-5-8(12)10(11)17-9/h5-7,13-14H,2-4H2,1H3. The summed E-state index contributed by atoms with van der Waals surface area (Å²) >= 11 is 10.2. The number of nitrogens with one attached hydrogen (secondary N) is 2. The summed E-state index contributed by atoms with van der Waals surface area (Å²) in [6, 6.07) is 1.80. The molecule has 2 atom stereocenters. The van der Waals surface area contributed by atoms with Crippen LogP contribution < -0.4 is 10.0 Å². The molecule has 2 N–H and O–H groups in total. The van der Waals surface area contributed by atoms with Crippen LogP contribution in [0.15, 0.2) is 14.1 Å². The first-order valence-electron chi connectivity index (χ1n) is 5.59. The smallest absolute Gasteiger partial charge is 0.250 e. The van der Waals surface area contributed by atoms with E-state index in [9.17, 15) is 8.42 Å². The molecule has 0 spiro atoms. The summed E-state index contributed by atoms with van der Waals surface area (Å²) in [5, 5.41) is 3.72. The van der Waals surface area contributed by atoms with Gasteiger partial charge in [-0.05, 0) is 48.3 Å². The van der Waals surface area contributed by atoms with Gasteiger partial charge in [-0.15, -0.1) is 11.3 Å². The molecular formula is C10H14BrClN2O2S2. The summed E-state index contributed by atoms with van der Waals surface area (Å²) in [7, 11) is -3.46. The van der Waals surface area contributed by atoms with Crippen LogP contribution in [0.4, 0.5) is 0 Å². The molecule has 8 heteroatoms. The first-order chi connectivity index (χ1) is 8.38. The molecule has 1 saturated heterocycles. The Morgan fingerprint density at radius 3 is 2.89 bits per heavy atom. The Hall–Kier alpha value is 0.340. The third kappa shape index (κ3) is 3.46. The average Bonchev–Trinajstić information content (AvgIpc) is 2.59. The molecule has 2 unspecified atom stereocenters. The molecule has 18 heavy (non-hydrogen) atoms. The summed E-state index contributed by atoms with van der Waals surface area (Å²) in [6.07, 6.45) is 1.61. The fourth-order valence-electron chi connectivity index (χ4n) is 1.98. The molecule has 0 bridgehead atoms. The predicted octanol–water partition coefficient (Wildman–Crippen LogP) is 2.58. The Morgan fingerprint density at radius 2 is 2.33 bits per heavy atom. The minimum absolute atomic E-state index is 0.00842. The van der Waals surface area contributed by atoms with E-state index in [0.29, 0.717) is 14.9 Å². The van der Waals surface area contributed by atoms with E-state index < -0.39 is 10.0 Å². The first kappa shape index (κ1) is 14.7. The number of piperidine rings is 1. The highest BCUT2D eigenvalue weighted by atomic mass is 79.9. The summed E-state index contributed by atoms with van der Waals surface area (Å²) < 4.78 is 28.0. The summed E-state index contributed by atoms with van der Waals surface area (Å²) in [4.78, 5) is 0. The van der Waals surface area contributed by atoms with Crippen LogP contribution in [0.1, 0.15) is 19.8 Å². The summed E-state index contributed by atoms with van der Waals surface area (Å²) in [5.41, 5.74) is 0. The van der Waals surface area contributed by atoms with Crippen LogP contribution in [-0.2, 0) is 10.0 Å². The van der Waals surface area contributed by atoms with Gasteiger partial charge in [0.25, 0.3) is 0 Å². The number of thiophene rings is 1. The zero-order valence-electron chi connectivity index (χ0n) is 9.74. The lowest BCUT2D eigenvalue weighted by Crippen LogP contribution is -2.46. The molecule has 0 amide bonds. The van der Waals surface area contributed by atoms with Gasteiger partial charge in [-0.1, -0.05) is 11.6 Å². The van der Waals surface area contributed by atoms with Crippen LogP contribution in [0, 0.1) is 0 Å². The SMILES string of the molecule is CC1CC(NS(=O)(=O)c2cc(Cl)c(Br)s2)CCN1. The van der Waals surface area contributed by atoms with Gasteiger partial charge in [0.1, 0.15) is 4.21 Å². The number of rotatable bonds is 3. The van der Waals surface area contributed by atoms with Crippen LogP contribution in [0.3, 0.4) is 0 Å². The summed E-state index contributed by atoms with van der Waals surface area (Å²) in [6.45, 7) is 2.89. The molecule has 1 aliphatic heterocycles. The summed E-state index contributed by atoms with van der Waals surface area (Å²) in [5.74, 6) is 0. The van der Waals surface area contributed by atoms with Crippen LogP contribution >= 0.6 is 38.9 Å². The van der Waals surface area contributed by atoms with Gasteiger partial charge in [0.15, 0.2) is 0 Å². The second kappa shape index (κ2) is 5.76. The lowest BCUT2D eigenvalue weighted by Gasteiger charge is -2.28. The van der Waals surface area contributed by atoms with Crippen molar-refractivity contribution in [1.82, 2.24) is 10.0 Å². The van der Waals surface area contributed by atoms with E-state index in [1.165, 1.54) is 6.07 Å². The lowest BCUT2D eigenvalue weighted by atomic mass is 10.0. The molecule has 1 aromatic rings. The third-order valence-corrected chi connectivity index (χ3v) is 7.30. The Bertz CT molecular complexity index is 512. The van der Waals surface area contributed by atoms with E-state index in [2.05, 4.69) is 32.9 Å². The number of hydrogen-bond acceptors (Lipinski definition) is 4. The highest BCUT2D eigenvalue weighted by Crippen LogP contribution is 2.34. The number of sulfonamides is 1. The van der Waals surface area contributed by atoms with Crippen molar-refractivity contribution in [3.8, 4) is 0 Å². The zero-order chi connectivity index (χ0) is 13.3. The molecule has 0 aromatic carbocycles. The van der Waals surface area contributed by atoms with Crippen LogP contribution in [0.2, 0.25) is 5.02 Å². The van der Waals surface area contributed by atoms with Gasteiger partial charge in [-0.3, -0.25) is 0 Å². The fraction of sp³-hybridized carbons (Fsp3) is 0.600. The van der Waals surface area contributed by atoms with E-state index in [1.807, 2.05) is 0 Å². The van der Waals surface area contributed by atoms with Gasteiger partial charge in [0, 0.05) is 12.1 Å². The molecule has 1 fully saturated rings. The van der Waals surface area contributed by atoms with E-state index in [-0.39, 0.29) is 10.3 Å². The monoisotopic (exact) mass is 372 g/mol. The van der Waals surface area contributed by atoms with Crippen molar-refractivity contribution < 1.29 is 8.42 Å². The maximum absolute atomic E-state index is 12.2. The van der Waals surface area contributed by atoms with Crippen molar-refractivity contribution in [2.45, 2.75) is 36.1 Å². The molecule has 102 valence electrons. The quantitative estimate of drug-likeness (QED) is 0.856. The van der Waals surface area contributed by atoms with Crippen molar-refractivity contribution in [2.24, 2.45) is 0 Å². The van der Waals surface area contributed by atoms with E-state index in [0.717, 1.165) is 30.7 Å². The number of hydrogen-bond donors (Lipinski definition) is 2. The molecule has 0 saturated carbocycles.